The second kappa shape index (κ2) is 3.67. The summed E-state index contributed by atoms with van der Waals surface area (Å²) in [5, 5.41) is 0. The zero-order chi connectivity index (χ0) is 7.40. The van der Waals surface area contributed by atoms with Gasteiger partial charge in [-0.25, -0.2) is 0 Å². The Kier molecular flexibility index (Phi) is 2.82. The Morgan fingerprint density at radius 2 is 2.30 bits per heavy atom. The fraction of sp³-hybridized carbons (Fsp3) is 0.333. The number of rotatable bonds is 1. The van der Waals surface area contributed by atoms with Crippen LogP contribution >= 0.6 is 11.8 Å². The first-order valence-corrected chi connectivity index (χ1v) is 4.65. The lowest BCUT2D eigenvalue weighted by atomic mass is 10.2. The van der Waals surface area contributed by atoms with Crippen molar-refractivity contribution in [1.29, 1.82) is 0 Å². The lowest BCUT2D eigenvalue weighted by molar-refractivity contribution is 1.34. The van der Waals surface area contributed by atoms with Gasteiger partial charge in [-0.15, -0.1) is 11.8 Å². The predicted molar refractivity (Wildman–Crippen MR) is 49.1 cm³/mol. The van der Waals surface area contributed by atoms with Crippen molar-refractivity contribution in [2.24, 2.45) is 0 Å². The van der Waals surface area contributed by atoms with Gasteiger partial charge >= 0.3 is 0 Å². The number of allylic oxidation sites excluding steroid dienone is 5. The standard InChI is InChI=1S/C9H12S/c1-8-6-4-3-5-7-9(8)10-2/h3,5-7H,4H2,1-2H3. The second-order valence-electron chi connectivity index (χ2n) is 2.29. The molecule has 54 valence electrons. The molecule has 0 spiro atoms. The fourth-order valence-electron chi connectivity index (χ4n) is 0.940. The van der Waals surface area contributed by atoms with Crippen LogP contribution < -0.4 is 0 Å². The highest BCUT2D eigenvalue weighted by Gasteiger charge is 1.96. The van der Waals surface area contributed by atoms with Crippen LogP contribution in [-0.2, 0) is 0 Å². The summed E-state index contributed by atoms with van der Waals surface area (Å²) in [6.07, 6.45) is 11.9. The summed E-state index contributed by atoms with van der Waals surface area (Å²) in [5.41, 5.74) is 1.40. The highest BCUT2D eigenvalue weighted by atomic mass is 32.2. The maximum absolute atomic E-state index is 2.26. The van der Waals surface area contributed by atoms with E-state index >= 15 is 0 Å². The molecule has 0 unspecified atom stereocenters. The lowest BCUT2D eigenvalue weighted by Gasteiger charge is -1.99. The average Bonchev–Trinajstić information content (AvgIpc) is 2.13. The summed E-state index contributed by atoms with van der Waals surface area (Å²) < 4.78 is 0. The van der Waals surface area contributed by atoms with Crippen LogP contribution in [0.25, 0.3) is 0 Å². The molecule has 1 rings (SSSR count). The van der Waals surface area contributed by atoms with Crippen molar-refractivity contribution in [3.63, 3.8) is 0 Å². The van der Waals surface area contributed by atoms with E-state index in [-0.39, 0.29) is 0 Å². The quantitative estimate of drug-likeness (QED) is 0.556. The Morgan fingerprint density at radius 3 is 3.00 bits per heavy atom. The minimum Gasteiger partial charge on any atom is -0.129 e. The number of thioether (sulfide) groups is 1. The van der Waals surface area contributed by atoms with Crippen LogP contribution in [0.5, 0.6) is 0 Å². The van der Waals surface area contributed by atoms with Crippen molar-refractivity contribution in [1.82, 2.24) is 0 Å². The SMILES string of the molecule is CSC1=CC=CCC=C1C. The lowest BCUT2D eigenvalue weighted by Crippen LogP contribution is -1.76. The summed E-state index contributed by atoms with van der Waals surface area (Å²) in [6, 6.07) is 0. The molecular weight excluding hydrogens is 140 g/mol. The van der Waals surface area contributed by atoms with Gasteiger partial charge in [0.2, 0.25) is 0 Å². The maximum Gasteiger partial charge on any atom is 0.00951 e. The molecule has 0 aliphatic heterocycles. The largest absolute Gasteiger partial charge is 0.129 e. The molecule has 0 nitrogen and oxygen atoms in total. The minimum absolute atomic E-state index is 1.08. The van der Waals surface area contributed by atoms with Gasteiger partial charge in [0, 0.05) is 4.91 Å². The summed E-state index contributed by atoms with van der Waals surface area (Å²) in [4.78, 5) is 1.38. The van der Waals surface area contributed by atoms with E-state index in [2.05, 4.69) is 37.5 Å². The van der Waals surface area contributed by atoms with Gasteiger partial charge in [-0.05, 0) is 31.2 Å². The topological polar surface area (TPSA) is 0 Å². The van der Waals surface area contributed by atoms with E-state index in [0.29, 0.717) is 0 Å². The highest BCUT2D eigenvalue weighted by molar-refractivity contribution is 8.02. The summed E-state index contributed by atoms with van der Waals surface area (Å²) >= 11 is 1.81. The first kappa shape index (κ1) is 7.67. The van der Waals surface area contributed by atoms with Gasteiger partial charge in [-0.3, -0.25) is 0 Å². The van der Waals surface area contributed by atoms with Crippen LogP contribution in [-0.4, -0.2) is 6.26 Å². The summed E-state index contributed by atoms with van der Waals surface area (Å²) in [5.74, 6) is 0. The third kappa shape index (κ3) is 1.77. The first-order valence-electron chi connectivity index (χ1n) is 3.42. The molecule has 1 aliphatic carbocycles. The van der Waals surface area contributed by atoms with Gasteiger partial charge in [0.25, 0.3) is 0 Å². The zero-order valence-corrected chi connectivity index (χ0v) is 7.24. The maximum atomic E-state index is 2.26. The molecule has 0 heterocycles. The summed E-state index contributed by atoms with van der Waals surface area (Å²) in [7, 11) is 0. The Balaban J connectivity index is 2.82. The van der Waals surface area contributed by atoms with Crippen molar-refractivity contribution in [3.8, 4) is 0 Å². The molecule has 0 N–H and O–H groups in total. The first-order chi connectivity index (χ1) is 4.84. The van der Waals surface area contributed by atoms with Crippen molar-refractivity contribution < 1.29 is 0 Å². The molecule has 0 aromatic rings. The molecule has 0 saturated carbocycles. The highest BCUT2D eigenvalue weighted by Crippen LogP contribution is 2.23. The molecule has 0 aromatic heterocycles. The van der Waals surface area contributed by atoms with Crippen molar-refractivity contribution in [3.05, 3.63) is 34.8 Å². The molecule has 0 amide bonds. The molecule has 0 fully saturated rings. The average molecular weight is 152 g/mol. The molecule has 0 radical (unpaired) electrons. The van der Waals surface area contributed by atoms with Crippen LogP contribution in [0.3, 0.4) is 0 Å². The van der Waals surface area contributed by atoms with E-state index in [1.54, 1.807) is 0 Å². The van der Waals surface area contributed by atoms with Crippen molar-refractivity contribution >= 4 is 11.8 Å². The predicted octanol–water partition coefficient (Wildman–Crippen LogP) is 3.14. The second-order valence-corrected chi connectivity index (χ2v) is 3.13. The van der Waals surface area contributed by atoms with Crippen LogP contribution in [0, 0.1) is 0 Å². The Hall–Kier alpha value is -0.430. The molecule has 0 atom stereocenters. The zero-order valence-electron chi connectivity index (χ0n) is 6.42. The number of hydrogen-bond acceptors (Lipinski definition) is 1. The van der Waals surface area contributed by atoms with E-state index < -0.39 is 0 Å². The molecule has 1 aliphatic rings. The Labute approximate surface area is 66.7 Å². The number of hydrogen-bond donors (Lipinski definition) is 0. The van der Waals surface area contributed by atoms with E-state index in [0.717, 1.165) is 6.42 Å². The molecule has 0 bridgehead atoms. The smallest absolute Gasteiger partial charge is 0.00951 e. The van der Waals surface area contributed by atoms with E-state index in [9.17, 15) is 0 Å². The molecule has 10 heavy (non-hydrogen) atoms. The minimum atomic E-state index is 1.08. The molecule has 0 aromatic carbocycles. The van der Waals surface area contributed by atoms with Crippen LogP contribution in [0.15, 0.2) is 34.8 Å². The monoisotopic (exact) mass is 152 g/mol. The molecule has 0 saturated heterocycles. The van der Waals surface area contributed by atoms with Crippen LogP contribution in [0.1, 0.15) is 13.3 Å². The van der Waals surface area contributed by atoms with E-state index in [4.69, 9.17) is 0 Å². The van der Waals surface area contributed by atoms with E-state index in [1.807, 2.05) is 11.8 Å². The van der Waals surface area contributed by atoms with Crippen LogP contribution in [0.2, 0.25) is 0 Å². The fourth-order valence-corrected chi connectivity index (χ4v) is 1.56. The van der Waals surface area contributed by atoms with Gasteiger partial charge in [-0.1, -0.05) is 18.2 Å². The Bertz CT molecular complexity index is 197. The van der Waals surface area contributed by atoms with E-state index in [1.165, 1.54) is 10.5 Å². The summed E-state index contributed by atoms with van der Waals surface area (Å²) in [6.45, 7) is 2.16. The van der Waals surface area contributed by atoms with Crippen LogP contribution in [0.4, 0.5) is 0 Å². The third-order valence-electron chi connectivity index (χ3n) is 1.55. The molecule has 1 heteroatoms. The van der Waals surface area contributed by atoms with Gasteiger partial charge in [-0.2, -0.15) is 0 Å². The van der Waals surface area contributed by atoms with Crippen molar-refractivity contribution in [2.75, 3.05) is 6.26 Å². The van der Waals surface area contributed by atoms with Crippen molar-refractivity contribution in [2.45, 2.75) is 13.3 Å². The van der Waals surface area contributed by atoms with Gasteiger partial charge in [0.05, 0.1) is 0 Å². The van der Waals surface area contributed by atoms with Gasteiger partial charge in [0.15, 0.2) is 0 Å². The normalized spacial score (nSPS) is 17.8. The van der Waals surface area contributed by atoms with Gasteiger partial charge < -0.3 is 0 Å². The Morgan fingerprint density at radius 1 is 1.50 bits per heavy atom. The molecular formula is C9H12S. The van der Waals surface area contributed by atoms with Gasteiger partial charge in [0.1, 0.15) is 0 Å². The third-order valence-corrected chi connectivity index (χ3v) is 2.45.